The van der Waals surface area contributed by atoms with Gasteiger partial charge in [-0.2, -0.15) is 0 Å². The Balaban J connectivity index is 1.95. The summed E-state index contributed by atoms with van der Waals surface area (Å²) < 4.78 is 0. The first-order chi connectivity index (χ1) is 13.6. The zero-order valence-corrected chi connectivity index (χ0v) is 15.2. The number of aliphatic hydroxyl groups is 1. The lowest BCUT2D eigenvalue weighted by Crippen LogP contribution is -2.29. The summed E-state index contributed by atoms with van der Waals surface area (Å²) >= 11 is 0. The summed E-state index contributed by atoms with van der Waals surface area (Å²) in [5, 5.41) is 10.9. The molecule has 1 saturated heterocycles. The Morgan fingerprint density at radius 1 is 0.964 bits per heavy atom. The van der Waals surface area contributed by atoms with Crippen molar-refractivity contribution in [3.8, 4) is 0 Å². The predicted octanol–water partition coefficient (Wildman–Crippen LogP) is 4.02. The van der Waals surface area contributed by atoms with Gasteiger partial charge in [0.2, 0.25) is 0 Å². The fourth-order valence-electron chi connectivity index (χ4n) is 3.41. The van der Waals surface area contributed by atoms with Gasteiger partial charge in [-0.05, 0) is 24.6 Å². The Labute approximate surface area is 162 Å². The van der Waals surface area contributed by atoms with Crippen LogP contribution in [0, 0.1) is 6.92 Å². The number of nitrogens with zero attached hydrogens (tertiary/aromatic N) is 2. The van der Waals surface area contributed by atoms with E-state index in [2.05, 4.69) is 4.98 Å². The van der Waals surface area contributed by atoms with Gasteiger partial charge in [-0.1, -0.05) is 60.2 Å². The third-order valence-electron chi connectivity index (χ3n) is 4.81. The first-order valence-electron chi connectivity index (χ1n) is 8.91. The highest BCUT2D eigenvalue weighted by atomic mass is 16.3. The van der Waals surface area contributed by atoms with Crippen molar-refractivity contribution < 1.29 is 14.7 Å². The van der Waals surface area contributed by atoms with Crippen LogP contribution in [-0.2, 0) is 9.59 Å². The molecule has 1 aliphatic heterocycles. The summed E-state index contributed by atoms with van der Waals surface area (Å²) in [5.41, 5.74) is 2.87. The highest BCUT2D eigenvalue weighted by Gasteiger charge is 2.46. The molecule has 1 fully saturated rings. The fraction of sp³-hybridized carbons (Fsp3) is 0.0870. The molecule has 138 valence electrons. The molecule has 1 amide bonds. The quantitative estimate of drug-likeness (QED) is 0.429. The number of pyridine rings is 1. The lowest BCUT2D eigenvalue weighted by atomic mass is 9.94. The molecule has 1 aromatic heterocycles. The Hall–Kier alpha value is -3.73. The Morgan fingerprint density at radius 2 is 1.68 bits per heavy atom. The fourth-order valence-corrected chi connectivity index (χ4v) is 3.41. The Morgan fingerprint density at radius 3 is 2.32 bits per heavy atom. The van der Waals surface area contributed by atoms with Gasteiger partial charge in [0.1, 0.15) is 5.76 Å². The number of rotatable bonds is 3. The van der Waals surface area contributed by atoms with Gasteiger partial charge in [0, 0.05) is 11.8 Å². The average molecular weight is 370 g/mol. The summed E-state index contributed by atoms with van der Waals surface area (Å²) in [7, 11) is 0. The van der Waals surface area contributed by atoms with E-state index in [1.165, 1.54) is 11.1 Å². The molecule has 5 nitrogen and oxygen atoms in total. The number of hydrogen-bond acceptors (Lipinski definition) is 4. The summed E-state index contributed by atoms with van der Waals surface area (Å²) in [4.78, 5) is 31.3. The molecule has 0 aliphatic carbocycles. The highest BCUT2D eigenvalue weighted by molar-refractivity contribution is 6.51. The molecule has 0 saturated carbocycles. The number of carbonyl (C=O) groups is 2. The number of ketones is 1. The highest BCUT2D eigenvalue weighted by Crippen LogP contribution is 2.41. The maximum atomic E-state index is 12.9. The van der Waals surface area contributed by atoms with Gasteiger partial charge in [0.25, 0.3) is 11.7 Å². The van der Waals surface area contributed by atoms with E-state index in [-0.39, 0.29) is 11.3 Å². The summed E-state index contributed by atoms with van der Waals surface area (Å²) in [5.74, 6) is -1.58. The molecule has 1 atom stereocenters. The van der Waals surface area contributed by atoms with Crippen molar-refractivity contribution >= 4 is 23.1 Å². The molecule has 0 spiro atoms. The molecule has 0 bridgehead atoms. The minimum Gasteiger partial charge on any atom is -0.507 e. The van der Waals surface area contributed by atoms with E-state index in [4.69, 9.17) is 0 Å². The normalized spacial score (nSPS) is 18.5. The number of benzene rings is 2. The first kappa shape index (κ1) is 17.7. The largest absolute Gasteiger partial charge is 0.507 e. The summed E-state index contributed by atoms with van der Waals surface area (Å²) in [6, 6.07) is 19.1. The second kappa shape index (κ2) is 7.12. The van der Waals surface area contributed by atoms with Gasteiger partial charge in [0.15, 0.2) is 0 Å². The predicted molar refractivity (Wildman–Crippen MR) is 107 cm³/mol. The molecule has 2 heterocycles. The number of aryl methyl sites for hydroxylation is 1. The lowest BCUT2D eigenvalue weighted by molar-refractivity contribution is -0.132. The summed E-state index contributed by atoms with van der Waals surface area (Å²) in [6.07, 6.45) is 3.14. The Bertz CT molecular complexity index is 1060. The maximum Gasteiger partial charge on any atom is 0.300 e. The van der Waals surface area contributed by atoms with Crippen LogP contribution in [0.1, 0.15) is 22.7 Å². The second-order valence-electron chi connectivity index (χ2n) is 6.66. The van der Waals surface area contributed by atoms with Crippen LogP contribution < -0.4 is 4.90 Å². The number of carbonyl (C=O) groups excluding carboxylic acids is 2. The van der Waals surface area contributed by atoms with Gasteiger partial charge in [-0.25, -0.2) is 0 Å². The van der Waals surface area contributed by atoms with E-state index in [0.717, 1.165) is 11.1 Å². The Kier molecular flexibility index (Phi) is 4.49. The number of hydrogen-bond donors (Lipinski definition) is 1. The standard InChI is InChI=1S/C23H18N2O3/c1-15-9-11-16(12-10-15)20-19(21(26)17-6-3-2-4-7-17)22(27)23(28)25(20)18-8-5-13-24-14-18/h2-14,20,26H,1H3/b21-19+/t20-/m0/s1. The third-order valence-corrected chi connectivity index (χ3v) is 4.81. The van der Waals surface area contributed by atoms with Crippen molar-refractivity contribution in [1.82, 2.24) is 4.98 Å². The van der Waals surface area contributed by atoms with E-state index < -0.39 is 17.7 Å². The van der Waals surface area contributed by atoms with Gasteiger partial charge >= 0.3 is 0 Å². The van der Waals surface area contributed by atoms with Crippen LogP contribution in [0.2, 0.25) is 0 Å². The van der Waals surface area contributed by atoms with Crippen LogP contribution >= 0.6 is 0 Å². The van der Waals surface area contributed by atoms with Crippen LogP contribution in [0.3, 0.4) is 0 Å². The third kappa shape index (κ3) is 2.97. The van der Waals surface area contributed by atoms with E-state index >= 15 is 0 Å². The lowest BCUT2D eigenvalue weighted by Gasteiger charge is -2.25. The van der Waals surface area contributed by atoms with E-state index in [1.54, 1.807) is 42.6 Å². The van der Waals surface area contributed by atoms with Gasteiger partial charge in [0.05, 0.1) is 23.5 Å². The number of Topliss-reactive ketones (excluding diaryl/α,β-unsaturated/α-hetero) is 1. The van der Waals surface area contributed by atoms with Crippen molar-refractivity contribution in [2.75, 3.05) is 4.90 Å². The zero-order valence-electron chi connectivity index (χ0n) is 15.2. The molecule has 0 radical (unpaired) electrons. The van der Waals surface area contributed by atoms with Crippen LogP contribution in [0.4, 0.5) is 5.69 Å². The smallest absolute Gasteiger partial charge is 0.300 e. The van der Waals surface area contributed by atoms with Crippen LogP contribution in [-0.4, -0.2) is 21.8 Å². The molecule has 1 aliphatic rings. The van der Waals surface area contributed by atoms with Crippen molar-refractivity contribution in [3.63, 3.8) is 0 Å². The van der Waals surface area contributed by atoms with E-state index in [1.807, 2.05) is 37.3 Å². The second-order valence-corrected chi connectivity index (χ2v) is 6.66. The minimum absolute atomic E-state index is 0.0731. The van der Waals surface area contributed by atoms with Gasteiger partial charge in [-0.15, -0.1) is 0 Å². The van der Waals surface area contributed by atoms with Gasteiger partial charge in [-0.3, -0.25) is 19.5 Å². The molecule has 2 aromatic carbocycles. The average Bonchev–Trinajstić information content (AvgIpc) is 3.00. The van der Waals surface area contributed by atoms with Crippen molar-refractivity contribution in [3.05, 3.63) is 101 Å². The monoisotopic (exact) mass is 370 g/mol. The van der Waals surface area contributed by atoms with Gasteiger partial charge < -0.3 is 5.11 Å². The van der Waals surface area contributed by atoms with Crippen molar-refractivity contribution in [1.29, 1.82) is 0 Å². The maximum absolute atomic E-state index is 12.9. The first-order valence-corrected chi connectivity index (χ1v) is 8.91. The van der Waals surface area contributed by atoms with Crippen LogP contribution in [0.5, 0.6) is 0 Å². The molecule has 1 N–H and O–H groups in total. The molecule has 0 unspecified atom stereocenters. The van der Waals surface area contributed by atoms with Crippen LogP contribution in [0.15, 0.2) is 84.7 Å². The molecule has 4 rings (SSSR count). The molecule has 3 aromatic rings. The van der Waals surface area contributed by atoms with E-state index in [9.17, 15) is 14.7 Å². The van der Waals surface area contributed by atoms with Crippen molar-refractivity contribution in [2.45, 2.75) is 13.0 Å². The topological polar surface area (TPSA) is 70.5 Å². The number of amides is 1. The van der Waals surface area contributed by atoms with Crippen LogP contribution in [0.25, 0.3) is 5.76 Å². The number of aromatic nitrogens is 1. The van der Waals surface area contributed by atoms with Crippen molar-refractivity contribution in [2.24, 2.45) is 0 Å². The number of anilines is 1. The summed E-state index contributed by atoms with van der Waals surface area (Å²) in [6.45, 7) is 1.96. The number of aliphatic hydroxyl groups excluding tert-OH is 1. The van der Waals surface area contributed by atoms with E-state index in [0.29, 0.717) is 11.3 Å². The molecule has 5 heteroatoms. The zero-order chi connectivity index (χ0) is 19.7. The SMILES string of the molecule is Cc1ccc([C@H]2/C(=C(\O)c3ccccc3)C(=O)C(=O)N2c2cccnc2)cc1. The molecular weight excluding hydrogens is 352 g/mol. The molecular formula is C23H18N2O3. The minimum atomic E-state index is -0.731. The molecule has 28 heavy (non-hydrogen) atoms.